The summed E-state index contributed by atoms with van der Waals surface area (Å²) in [7, 11) is 0. The molecule has 0 aromatic heterocycles. The highest BCUT2D eigenvalue weighted by Gasteiger charge is 2.40. The van der Waals surface area contributed by atoms with Gasteiger partial charge >= 0.3 is 0 Å². The number of hydrogen-bond donors (Lipinski definition) is 2. The van der Waals surface area contributed by atoms with Crippen molar-refractivity contribution in [3.63, 3.8) is 0 Å². The van der Waals surface area contributed by atoms with Gasteiger partial charge in [-0.3, -0.25) is 4.79 Å². The van der Waals surface area contributed by atoms with Crippen LogP contribution in [0.5, 0.6) is 0 Å². The second kappa shape index (κ2) is 3.64. The lowest BCUT2D eigenvalue weighted by Gasteiger charge is -2.36. The Kier molecular flexibility index (Phi) is 2.93. The van der Waals surface area contributed by atoms with E-state index < -0.39 is 11.5 Å². The average molecular weight is 187 g/mol. The largest absolute Gasteiger partial charge is 0.380 e. The molecule has 4 nitrogen and oxygen atoms in total. The number of carbonyl (C=O) groups excluding carboxylic acids is 1. The summed E-state index contributed by atoms with van der Waals surface area (Å²) in [5.74, 6) is -0.340. The fraction of sp³-hybridized carbons (Fsp3) is 0.889. The van der Waals surface area contributed by atoms with Crippen LogP contribution in [-0.4, -0.2) is 29.3 Å². The fourth-order valence-electron chi connectivity index (χ4n) is 1.52. The van der Waals surface area contributed by atoms with Crippen LogP contribution in [0.15, 0.2) is 0 Å². The smallest absolute Gasteiger partial charge is 0.249 e. The average Bonchev–Trinajstić information content (AvgIpc) is 2.04. The van der Waals surface area contributed by atoms with Gasteiger partial charge in [-0.2, -0.15) is 0 Å². The van der Waals surface area contributed by atoms with Crippen LogP contribution in [0.4, 0.5) is 0 Å². The molecule has 2 atom stereocenters. The van der Waals surface area contributed by atoms with Crippen LogP contribution >= 0.6 is 0 Å². The van der Waals surface area contributed by atoms with E-state index in [9.17, 15) is 9.90 Å². The van der Waals surface area contributed by atoms with Crippen LogP contribution in [0.3, 0.4) is 0 Å². The molecule has 1 aliphatic heterocycles. The first-order valence-corrected chi connectivity index (χ1v) is 4.59. The minimum Gasteiger partial charge on any atom is -0.380 e. The Labute approximate surface area is 78.1 Å². The third kappa shape index (κ3) is 2.19. The number of amides is 1. The van der Waals surface area contributed by atoms with Gasteiger partial charge in [0.15, 0.2) is 0 Å². The normalized spacial score (nSPS) is 34.9. The molecule has 0 radical (unpaired) electrons. The number of nitrogens with two attached hydrogens (primary N) is 1. The first kappa shape index (κ1) is 10.5. The Hall–Kier alpha value is -0.610. The lowest BCUT2D eigenvalue weighted by atomic mass is 9.86. The van der Waals surface area contributed by atoms with Crippen molar-refractivity contribution in [2.75, 3.05) is 6.61 Å². The third-order valence-electron chi connectivity index (χ3n) is 2.59. The molecule has 3 N–H and O–H groups in total. The lowest BCUT2D eigenvalue weighted by molar-refractivity contribution is -0.156. The van der Waals surface area contributed by atoms with Crippen molar-refractivity contribution < 1.29 is 14.6 Å². The maximum atomic E-state index is 11.0. The topological polar surface area (TPSA) is 72.5 Å². The van der Waals surface area contributed by atoms with Crippen molar-refractivity contribution in [1.29, 1.82) is 0 Å². The number of primary amides is 1. The van der Waals surface area contributed by atoms with Crippen molar-refractivity contribution in [1.82, 2.24) is 0 Å². The van der Waals surface area contributed by atoms with Crippen LogP contribution in [0.25, 0.3) is 0 Å². The van der Waals surface area contributed by atoms with Crippen LogP contribution in [0, 0.1) is 5.92 Å². The van der Waals surface area contributed by atoms with Crippen molar-refractivity contribution in [3.05, 3.63) is 0 Å². The predicted molar refractivity (Wildman–Crippen MR) is 48.0 cm³/mol. The summed E-state index contributed by atoms with van der Waals surface area (Å²) < 4.78 is 5.42. The maximum Gasteiger partial charge on any atom is 0.249 e. The summed E-state index contributed by atoms with van der Waals surface area (Å²) in [5.41, 5.74) is 3.77. The summed E-state index contributed by atoms with van der Waals surface area (Å²) in [6, 6.07) is 0. The van der Waals surface area contributed by atoms with Crippen LogP contribution in [0.2, 0.25) is 0 Å². The van der Waals surface area contributed by atoms with Gasteiger partial charge in [0, 0.05) is 12.8 Å². The highest BCUT2D eigenvalue weighted by molar-refractivity contribution is 5.83. The highest BCUT2D eigenvalue weighted by Crippen LogP contribution is 2.28. The molecule has 1 rings (SSSR count). The quantitative estimate of drug-likeness (QED) is 0.641. The standard InChI is InChI=1S/C9H17NO3/c1-6(2)7-5-9(12,8(10)11)3-4-13-7/h6-7,12H,3-5H2,1-2H3,(H2,10,11). The molecule has 0 aromatic carbocycles. The molecule has 1 aliphatic rings. The predicted octanol–water partition coefficient (Wildman–Crippen LogP) is 0.0378. The first-order valence-electron chi connectivity index (χ1n) is 4.59. The van der Waals surface area contributed by atoms with Crippen molar-refractivity contribution >= 4 is 5.91 Å². The van der Waals surface area contributed by atoms with E-state index in [1.807, 2.05) is 13.8 Å². The molecule has 2 unspecified atom stereocenters. The Bertz CT molecular complexity index is 205. The van der Waals surface area contributed by atoms with Gasteiger partial charge in [-0.1, -0.05) is 13.8 Å². The molecule has 4 heteroatoms. The number of aliphatic hydroxyl groups is 1. The summed E-state index contributed by atoms with van der Waals surface area (Å²) >= 11 is 0. The molecule has 0 spiro atoms. The fourth-order valence-corrected chi connectivity index (χ4v) is 1.52. The zero-order chi connectivity index (χ0) is 10.1. The molecule has 0 aliphatic carbocycles. The molecule has 0 bridgehead atoms. The van der Waals surface area contributed by atoms with E-state index >= 15 is 0 Å². The zero-order valence-corrected chi connectivity index (χ0v) is 8.12. The summed E-state index contributed by atoms with van der Waals surface area (Å²) in [5, 5.41) is 9.81. The zero-order valence-electron chi connectivity index (χ0n) is 8.12. The number of carbonyl (C=O) groups is 1. The Morgan fingerprint density at radius 2 is 2.31 bits per heavy atom. The number of rotatable bonds is 2. The van der Waals surface area contributed by atoms with Crippen molar-refractivity contribution in [2.45, 2.75) is 38.4 Å². The van der Waals surface area contributed by atoms with Gasteiger partial charge in [-0.25, -0.2) is 0 Å². The molecular weight excluding hydrogens is 170 g/mol. The van der Waals surface area contributed by atoms with E-state index in [4.69, 9.17) is 10.5 Å². The summed E-state index contributed by atoms with van der Waals surface area (Å²) in [6.45, 7) is 4.40. The third-order valence-corrected chi connectivity index (χ3v) is 2.59. The van der Waals surface area contributed by atoms with Crippen molar-refractivity contribution in [2.24, 2.45) is 11.7 Å². The minimum absolute atomic E-state index is 0.0637. The Balaban J connectivity index is 2.65. The number of hydrogen-bond acceptors (Lipinski definition) is 3. The Morgan fingerprint density at radius 3 is 2.77 bits per heavy atom. The van der Waals surface area contributed by atoms with Crippen molar-refractivity contribution in [3.8, 4) is 0 Å². The molecule has 0 saturated carbocycles. The summed E-state index contributed by atoms with van der Waals surface area (Å²) in [6.07, 6.45) is 0.567. The van der Waals surface area contributed by atoms with E-state index in [2.05, 4.69) is 0 Å². The molecule has 1 heterocycles. The van der Waals surface area contributed by atoms with Gasteiger partial charge in [0.2, 0.25) is 5.91 Å². The Morgan fingerprint density at radius 1 is 1.69 bits per heavy atom. The van der Waals surface area contributed by atoms with E-state index in [0.29, 0.717) is 25.4 Å². The lowest BCUT2D eigenvalue weighted by Crippen LogP contribution is -2.51. The molecule has 76 valence electrons. The van der Waals surface area contributed by atoms with E-state index in [1.165, 1.54) is 0 Å². The van der Waals surface area contributed by atoms with Gasteiger partial charge in [0.05, 0.1) is 12.7 Å². The minimum atomic E-state index is -1.35. The molecule has 0 aromatic rings. The molecular formula is C9H17NO3. The van der Waals surface area contributed by atoms with Gasteiger partial charge in [0.1, 0.15) is 5.60 Å². The van der Waals surface area contributed by atoms with Gasteiger partial charge in [-0.15, -0.1) is 0 Å². The van der Waals surface area contributed by atoms with Crippen LogP contribution in [-0.2, 0) is 9.53 Å². The van der Waals surface area contributed by atoms with Crippen LogP contribution < -0.4 is 5.73 Å². The monoisotopic (exact) mass is 187 g/mol. The molecule has 1 amide bonds. The molecule has 1 fully saturated rings. The summed E-state index contributed by atoms with van der Waals surface area (Å²) in [4.78, 5) is 11.0. The van der Waals surface area contributed by atoms with Gasteiger partial charge in [0.25, 0.3) is 0 Å². The molecule has 13 heavy (non-hydrogen) atoms. The maximum absolute atomic E-state index is 11.0. The van der Waals surface area contributed by atoms with E-state index in [-0.39, 0.29) is 6.10 Å². The first-order chi connectivity index (χ1) is 5.96. The van der Waals surface area contributed by atoms with Gasteiger partial charge < -0.3 is 15.6 Å². The van der Waals surface area contributed by atoms with E-state index in [0.717, 1.165) is 0 Å². The van der Waals surface area contributed by atoms with E-state index in [1.54, 1.807) is 0 Å². The van der Waals surface area contributed by atoms with Gasteiger partial charge in [-0.05, 0) is 5.92 Å². The second-order valence-electron chi connectivity index (χ2n) is 4.00. The SMILES string of the molecule is CC(C)C1CC(O)(C(N)=O)CCO1. The second-order valence-corrected chi connectivity index (χ2v) is 4.00. The highest BCUT2D eigenvalue weighted by atomic mass is 16.5. The molecule has 1 saturated heterocycles. The van der Waals surface area contributed by atoms with Crippen LogP contribution in [0.1, 0.15) is 26.7 Å². The number of ether oxygens (including phenoxy) is 1.